The molecule has 88 valence electrons. The fourth-order valence-electron chi connectivity index (χ4n) is 1.28. The molecule has 0 unspecified atom stereocenters. The van der Waals surface area contributed by atoms with E-state index in [-0.39, 0.29) is 0 Å². The van der Waals surface area contributed by atoms with E-state index in [1.54, 1.807) is 30.6 Å². The van der Waals surface area contributed by atoms with Crippen LogP contribution in [0.1, 0.15) is 5.56 Å². The van der Waals surface area contributed by atoms with Crippen molar-refractivity contribution in [2.45, 2.75) is 16.0 Å². The monoisotopic (exact) mass is 255 g/mol. The van der Waals surface area contributed by atoms with Crippen LogP contribution in [-0.2, 0) is 6.18 Å². The van der Waals surface area contributed by atoms with Crippen LogP contribution in [0.4, 0.5) is 13.2 Å². The van der Waals surface area contributed by atoms with Gasteiger partial charge in [0.05, 0.1) is 5.56 Å². The minimum absolute atomic E-state index is 0.549. The van der Waals surface area contributed by atoms with Crippen LogP contribution >= 0.6 is 11.8 Å². The average molecular weight is 255 g/mol. The quantitative estimate of drug-likeness (QED) is 0.795. The number of nitrogens with zero attached hydrogens (tertiary/aromatic N) is 1. The van der Waals surface area contributed by atoms with E-state index in [4.69, 9.17) is 0 Å². The van der Waals surface area contributed by atoms with Crippen LogP contribution in [0.5, 0.6) is 0 Å². The van der Waals surface area contributed by atoms with E-state index in [9.17, 15) is 13.2 Å². The Labute approximate surface area is 101 Å². The van der Waals surface area contributed by atoms with Gasteiger partial charge in [-0.05, 0) is 30.3 Å². The lowest BCUT2D eigenvalue weighted by Crippen LogP contribution is -2.04. The van der Waals surface area contributed by atoms with Gasteiger partial charge in [-0.2, -0.15) is 13.2 Å². The maximum Gasteiger partial charge on any atom is 0.416 e. The summed E-state index contributed by atoms with van der Waals surface area (Å²) >= 11 is 1.26. The Hall–Kier alpha value is -1.49. The van der Waals surface area contributed by atoms with E-state index >= 15 is 0 Å². The molecule has 5 heteroatoms. The van der Waals surface area contributed by atoms with Crippen molar-refractivity contribution in [1.82, 2.24) is 4.98 Å². The minimum atomic E-state index is -4.30. The number of rotatable bonds is 2. The van der Waals surface area contributed by atoms with E-state index in [1.165, 1.54) is 17.8 Å². The third-order valence-corrected chi connectivity index (χ3v) is 3.00. The molecule has 0 bridgehead atoms. The van der Waals surface area contributed by atoms with E-state index < -0.39 is 11.7 Å². The predicted octanol–water partition coefficient (Wildman–Crippen LogP) is 4.25. The van der Waals surface area contributed by atoms with E-state index in [2.05, 4.69) is 4.98 Å². The molecule has 0 saturated carbocycles. The van der Waals surface area contributed by atoms with Gasteiger partial charge in [-0.3, -0.25) is 4.98 Å². The number of halogens is 3. The first-order chi connectivity index (χ1) is 8.05. The molecule has 0 fully saturated rings. The third kappa shape index (κ3) is 3.23. The van der Waals surface area contributed by atoms with Crippen molar-refractivity contribution in [2.24, 2.45) is 0 Å². The molecule has 1 nitrogen and oxygen atoms in total. The summed E-state index contributed by atoms with van der Waals surface area (Å²) in [6.07, 6.45) is -1.06. The summed E-state index contributed by atoms with van der Waals surface area (Å²) in [5.41, 5.74) is -0.633. The molecule has 0 radical (unpaired) electrons. The zero-order chi connectivity index (χ0) is 12.3. The van der Waals surface area contributed by atoms with Gasteiger partial charge in [0.15, 0.2) is 0 Å². The van der Waals surface area contributed by atoms with Crippen molar-refractivity contribution in [1.29, 1.82) is 0 Å². The van der Waals surface area contributed by atoms with E-state index in [0.717, 1.165) is 17.0 Å². The molecule has 0 atom stereocenters. The molecule has 17 heavy (non-hydrogen) atoms. The first-order valence-corrected chi connectivity index (χ1v) is 5.62. The van der Waals surface area contributed by atoms with Crippen molar-refractivity contribution in [3.05, 3.63) is 54.4 Å². The van der Waals surface area contributed by atoms with Crippen molar-refractivity contribution in [3.8, 4) is 0 Å². The van der Waals surface area contributed by atoms with Crippen LogP contribution in [0.2, 0.25) is 0 Å². The smallest absolute Gasteiger partial charge is 0.264 e. The van der Waals surface area contributed by atoms with Gasteiger partial charge in [0, 0.05) is 22.2 Å². The largest absolute Gasteiger partial charge is 0.416 e. The minimum Gasteiger partial charge on any atom is -0.264 e. The lowest BCUT2D eigenvalue weighted by atomic mass is 10.2. The molecule has 0 aliphatic rings. The molecule has 0 spiro atoms. The number of alkyl halides is 3. The summed E-state index contributed by atoms with van der Waals surface area (Å²) in [5.74, 6) is 0. The van der Waals surface area contributed by atoms with Gasteiger partial charge in [0.1, 0.15) is 0 Å². The Morgan fingerprint density at radius 2 is 1.76 bits per heavy atom. The zero-order valence-corrected chi connectivity index (χ0v) is 9.42. The summed E-state index contributed by atoms with van der Waals surface area (Å²) in [7, 11) is 0. The highest BCUT2D eigenvalue weighted by atomic mass is 32.2. The van der Waals surface area contributed by atoms with Gasteiger partial charge >= 0.3 is 6.18 Å². The normalized spacial score (nSPS) is 11.5. The molecule has 2 rings (SSSR count). The number of hydrogen-bond donors (Lipinski definition) is 0. The van der Waals surface area contributed by atoms with Crippen molar-refractivity contribution < 1.29 is 13.2 Å². The maximum atomic E-state index is 12.5. The number of aromatic nitrogens is 1. The standard InChI is InChI=1S/C12H8F3NS/c13-12(14,15)9-3-1-4-10(7-9)17-11-5-2-6-16-8-11/h1-8H. The summed E-state index contributed by atoms with van der Waals surface area (Å²) in [4.78, 5) is 5.27. The molecule has 1 aromatic carbocycles. The maximum absolute atomic E-state index is 12.5. The predicted molar refractivity (Wildman–Crippen MR) is 59.8 cm³/mol. The van der Waals surface area contributed by atoms with Gasteiger partial charge in [-0.15, -0.1) is 0 Å². The van der Waals surface area contributed by atoms with Crippen LogP contribution in [0.25, 0.3) is 0 Å². The van der Waals surface area contributed by atoms with E-state index in [0.29, 0.717) is 4.90 Å². The van der Waals surface area contributed by atoms with Gasteiger partial charge in [0.2, 0.25) is 0 Å². The Balaban J connectivity index is 2.23. The van der Waals surface area contributed by atoms with E-state index in [1.807, 2.05) is 0 Å². The average Bonchev–Trinajstić information content (AvgIpc) is 2.29. The highest BCUT2D eigenvalue weighted by Gasteiger charge is 2.30. The highest BCUT2D eigenvalue weighted by Crippen LogP contribution is 2.33. The first-order valence-electron chi connectivity index (χ1n) is 4.81. The fourth-order valence-corrected chi connectivity index (χ4v) is 2.14. The summed E-state index contributed by atoms with van der Waals surface area (Å²) in [6.45, 7) is 0. The molecule has 2 aromatic rings. The Bertz CT molecular complexity index is 497. The number of hydrogen-bond acceptors (Lipinski definition) is 2. The second-order valence-electron chi connectivity index (χ2n) is 3.32. The molecular formula is C12H8F3NS. The second-order valence-corrected chi connectivity index (χ2v) is 4.46. The third-order valence-electron chi connectivity index (χ3n) is 2.03. The number of pyridine rings is 1. The summed E-state index contributed by atoms with van der Waals surface area (Å²) in [5, 5.41) is 0. The van der Waals surface area contributed by atoms with Crippen LogP contribution in [0, 0.1) is 0 Å². The van der Waals surface area contributed by atoms with Gasteiger partial charge in [-0.25, -0.2) is 0 Å². The fraction of sp³-hybridized carbons (Fsp3) is 0.0833. The molecule has 0 aliphatic heterocycles. The lowest BCUT2D eigenvalue weighted by Gasteiger charge is -2.08. The van der Waals surface area contributed by atoms with Crippen molar-refractivity contribution in [3.63, 3.8) is 0 Å². The van der Waals surface area contributed by atoms with Gasteiger partial charge in [0.25, 0.3) is 0 Å². The Morgan fingerprint density at radius 1 is 1.00 bits per heavy atom. The second kappa shape index (κ2) is 4.79. The molecule has 1 aromatic heterocycles. The van der Waals surface area contributed by atoms with Crippen LogP contribution < -0.4 is 0 Å². The number of benzene rings is 1. The van der Waals surface area contributed by atoms with Gasteiger partial charge < -0.3 is 0 Å². The van der Waals surface area contributed by atoms with Crippen LogP contribution in [0.3, 0.4) is 0 Å². The van der Waals surface area contributed by atoms with Crippen LogP contribution in [0.15, 0.2) is 58.6 Å². The lowest BCUT2D eigenvalue weighted by molar-refractivity contribution is -0.137. The van der Waals surface area contributed by atoms with Gasteiger partial charge in [-0.1, -0.05) is 17.8 Å². The first kappa shape index (κ1) is 12.0. The van der Waals surface area contributed by atoms with Crippen molar-refractivity contribution >= 4 is 11.8 Å². The zero-order valence-electron chi connectivity index (χ0n) is 8.61. The molecule has 0 amide bonds. The summed E-state index contributed by atoms with van der Waals surface area (Å²) < 4.78 is 37.5. The SMILES string of the molecule is FC(F)(F)c1cccc(Sc2cccnc2)c1. The Kier molecular flexibility index (Phi) is 3.38. The van der Waals surface area contributed by atoms with Crippen molar-refractivity contribution in [2.75, 3.05) is 0 Å². The molecule has 1 heterocycles. The Morgan fingerprint density at radius 3 is 2.41 bits per heavy atom. The molecule has 0 saturated heterocycles. The highest BCUT2D eigenvalue weighted by molar-refractivity contribution is 7.99. The molecular weight excluding hydrogens is 247 g/mol. The van der Waals surface area contributed by atoms with Crippen LogP contribution in [-0.4, -0.2) is 4.98 Å². The molecule has 0 N–H and O–H groups in total. The topological polar surface area (TPSA) is 12.9 Å². The summed E-state index contributed by atoms with van der Waals surface area (Å²) in [6, 6.07) is 8.80. The molecule has 0 aliphatic carbocycles.